The molecule has 1 aromatic carbocycles. The highest BCUT2D eigenvalue weighted by Crippen LogP contribution is 2.42. The van der Waals surface area contributed by atoms with Crippen molar-refractivity contribution in [2.75, 3.05) is 6.54 Å². The lowest BCUT2D eigenvalue weighted by atomic mass is 9.78. The predicted octanol–water partition coefficient (Wildman–Crippen LogP) is 6.35. The zero-order valence-electron chi connectivity index (χ0n) is 23.0. The van der Waals surface area contributed by atoms with Gasteiger partial charge in [-0.15, -0.1) is 0 Å². The molecular formula is C31H40N2O4. The second-order valence-corrected chi connectivity index (χ2v) is 11.5. The number of carbonyl (C=O) groups is 1. The van der Waals surface area contributed by atoms with Gasteiger partial charge in [0.1, 0.15) is 5.60 Å². The smallest absolute Gasteiger partial charge is 0.411 e. The second kappa shape index (κ2) is 9.97. The molecule has 1 N–H and O–H groups in total. The van der Waals surface area contributed by atoms with E-state index in [-0.39, 0.29) is 5.56 Å². The summed E-state index contributed by atoms with van der Waals surface area (Å²) in [6.45, 7) is 11.9. The first kappa shape index (κ1) is 26.9. The fraction of sp³-hybridized carbons (Fsp3) is 0.484. The summed E-state index contributed by atoms with van der Waals surface area (Å²) in [7, 11) is 0. The summed E-state index contributed by atoms with van der Waals surface area (Å²) in [5, 5.41) is 10.6. The van der Waals surface area contributed by atoms with E-state index in [1.54, 1.807) is 24.8 Å². The number of aliphatic hydroxyl groups is 1. The van der Waals surface area contributed by atoms with Crippen molar-refractivity contribution >= 4 is 6.09 Å². The molecule has 0 radical (unpaired) electrons. The van der Waals surface area contributed by atoms with Crippen LogP contribution >= 0.6 is 0 Å². The van der Waals surface area contributed by atoms with E-state index in [0.29, 0.717) is 25.4 Å². The lowest BCUT2D eigenvalue weighted by molar-refractivity contribution is -0.0840. The second-order valence-electron chi connectivity index (χ2n) is 11.5. The van der Waals surface area contributed by atoms with Gasteiger partial charge in [-0.2, -0.15) is 0 Å². The van der Waals surface area contributed by atoms with Crippen molar-refractivity contribution in [2.45, 2.75) is 90.0 Å². The molecule has 37 heavy (non-hydrogen) atoms. The normalized spacial score (nSPS) is 21.4. The molecule has 2 heterocycles. The Kier molecular flexibility index (Phi) is 7.26. The molecule has 1 aliphatic heterocycles. The summed E-state index contributed by atoms with van der Waals surface area (Å²) in [4.78, 5) is 27.8. The highest BCUT2D eigenvalue weighted by Gasteiger charge is 2.48. The average Bonchev–Trinajstić information content (AvgIpc) is 3.66. The first-order valence-corrected chi connectivity index (χ1v) is 13.3. The van der Waals surface area contributed by atoms with Gasteiger partial charge in [-0.3, -0.25) is 9.69 Å². The summed E-state index contributed by atoms with van der Waals surface area (Å²) in [5.74, 6) is 0. The monoisotopic (exact) mass is 504 g/mol. The minimum atomic E-state index is -0.997. The van der Waals surface area contributed by atoms with Gasteiger partial charge in [0.05, 0.1) is 11.1 Å². The largest absolute Gasteiger partial charge is 0.438 e. The number of cyclic esters (lactones) is 1. The summed E-state index contributed by atoms with van der Waals surface area (Å²) in [6, 6.07) is 12.1. The van der Waals surface area contributed by atoms with E-state index >= 15 is 0 Å². The van der Waals surface area contributed by atoms with Crippen molar-refractivity contribution in [1.29, 1.82) is 0 Å². The number of amides is 1. The zero-order chi connectivity index (χ0) is 27.0. The number of aromatic nitrogens is 1. The minimum Gasteiger partial charge on any atom is -0.438 e. The number of hydrogen-bond donors (Lipinski definition) is 1. The summed E-state index contributed by atoms with van der Waals surface area (Å²) in [6.07, 6.45) is 10.4. The molecule has 0 bridgehead atoms. The molecule has 1 saturated carbocycles. The topological polar surface area (TPSA) is 71.8 Å². The van der Waals surface area contributed by atoms with E-state index in [9.17, 15) is 14.7 Å². The van der Waals surface area contributed by atoms with E-state index in [1.807, 2.05) is 87.0 Å². The average molecular weight is 505 g/mol. The number of ether oxygens (including phenoxy) is 1. The van der Waals surface area contributed by atoms with Gasteiger partial charge in [0.2, 0.25) is 0 Å². The molecule has 2 fully saturated rings. The number of hydrogen-bond acceptors (Lipinski definition) is 4. The van der Waals surface area contributed by atoms with Crippen molar-refractivity contribution in [1.82, 2.24) is 9.47 Å². The van der Waals surface area contributed by atoms with Gasteiger partial charge in [0, 0.05) is 37.7 Å². The maximum Gasteiger partial charge on any atom is 0.411 e. The predicted molar refractivity (Wildman–Crippen MR) is 147 cm³/mol. The molecule has 2 aliphatic rings. The Balaban J connectivity index is 1.56. The Morgan fingerprint density at radius 2 is 1.76 bits per heavy atom. The van der Waals surface area contributed by atoms with Crippen LogP contribution in [0.4, 0.5) is 4.79 Å². The third kappa shape index (κ3) is 5.59. The van der Waals surface area contributed by atoms with Crippen LogP contribution in [-0.4, -0.2) is 38.4 Å². The van der Waals surface area contributed by atoms with E-state index in [2.05, 4.69) is 0 Å². The number of allylic oxidation sites excluding steroid dienone is 2. The van der Waals surface area contributed by atoms with Gasteiger partial charge < -0.3 is 14.4 Å². The molecule has 1 aliphatic carbocycles. The van der Waals surface area contributed by atoms with Crippen LogP contribution in [0.25, 0.3) is 11.1 Å². The Morgan fingerprint density at radius 1 is 1.08 bits per heavy atom. The SMILES string of the molecule is CC=CC(=CC)C1(CC(C)(C)O)CCN(C(C)(C)c2ccc(-c3ccn(C4CC4)c(=O)c3)cc2)C(=O)O1. The molecule has 1 aromatic heterocycles. The molecule has 1 atom stereocenters. The third-order valence-corrected chi connectivity index (χ3v) is 7.63. The van der Waals surface area contributed by atoms with Crippen molar-refractivity contribution in [3.8, 4) is 11.1 Å². The van der Waals surface area contributed by atoms with Crippen LogP contribution in [0, 0.1) is 0 Å². The summed E-state index contributed by atoms with van der Waals surface area (Å²) < 4.78 is 8.00. The Morgan fingerprint density at radius 3 is 2.27 bits per heavy atom. The molecule has 6 heteroatoms. The standard InChI is InChI=1S/C31H40N2O4/c1-7-9-24(8-2)31(21-29(3,4)36)17-19-33(28(35)37-31)30(5,6)25-12-10-22(11-13-25)23-16-18-32(26-14-15-26)27(34)20-23/h7-13,16,18,20,26,36H,14-15,17,19,21H2,1-6H3. The van der Waals surface area contributed by atoms with Crippen molar-refractivity contribution in [3.05, 3.63) is 82.3 Å². The molecule has 6 nitrogen and oxygen atoms in total. The number of benzene rings is 1. The van der Waals surface area contributed by atoms with Crippen LogP contribution in [0.1, 0.15) is 78.8 Å². The quantitative estimate of drug-likeness (QED) is 0.425. The van der Waals surface area contributed by atoms with E-state index in [4.69, 9.17) is 4.74 Å². The van der Waals surface area contributed by atoms with Crippen LogP contribution in [0.3, 0.4) is 0 Å². The van der Waals surface area contributed by atoms with Gasteiger partial charge in [-0.1, -0.05) is 42.5 Å². The Hall–Kier alpha value is -3.12. The fourth-order valence-electron chi connectivity index (χ4n) is 5.53. The molecular weight excluding hydrogens is 464 g/mol. The maximum absolute atomic E-state index is 13.5. The van der Waals surface area contributed by atoms with Crippen LogP contribution in [0.5, 0.6) is 0 Å². The first-order chi connectivity index (χ1) is 17.4. The number of carbonyl (C=O) groups excluding carboxylic acids is 1. The highest BCUT2D eigenvalue weighted by molar-refractivity contribution is 5.72. The lowest BCUT2D eigenvalue weighted by Crippen LogP contribution is -2.57. The molecule has 2 aromatic rings. The van der Waals surface area contributed by atoms with Gasteiger partial charge in [-0.25, -0.2) is 4.79 Å². The number of nitrogens with zero attached hydrogens (tertiary/aromatic N) is 2. The van der Waals surface area contributed by atoms with Crippen LogP contribution in [-0.2, 0) is 10.3 Å². The molecule has 1 saturated heterocycles. The summed E-state index contributed by atoms with van der Waals surface area (Å²) >= 11 is 0. The Labute approximate surface area is 220 Å². The zero-order valence-corrected chi connectivity index (χ0v) is 23.0. The van der Waals surface area contributed by atoms with Gasteiger partial charge in [-0.05, 0) is 82.7 Å². The van der Waals surface area contributed by atoms with E-state index in [1.165, 1.54) is 0 Å². The first-order valence-electron chi connectivity index (χ1n) is 13.3. The minimum absolute atomic E-state index is 0.0356. The van der Waals surface area contributed by atoms with Crippen molar-refractivity contribution in [2.24, 2.45) is 0 Å². The lowest BCUT2D eigenvalue weighted by Gasteiger charge is -2.49. The maximum atomic E-state index is 13.5. The van der Waals surface area contributed by atoms with Crippen LogP contribution in [0.2, 0.25) is 0 Å². The van der Waals surface area contributed by atoms with Gasteiger partial charge in [0.25, 0.3) is 5.56 Å². The third-order valence-electron chi connectivity index (χ3n) is 7.63. The van der Waals surface area contributed by atoms with E-state index in [0.717, 1.165) is 35.1 Å². The molecule has 1 amide bonds. The van der Waals surface area contributed by atoms with Gasteiger partial charge in [0.15, 0.2) is 0 Å². The van der Waals surface area contributed by atoms with Crippen LogP contribution < -0.4 is 5.56 Å². The molecule has 4 rings (SSSR count). The van der Waals surface area contributed by atoms with E-state index < -0.39 is 22.8 Å². The highest BCUT2D eigenvalue weighted by atomic mass is 16.6. The Bertz CT molecular complexity index is 1260. The molecule has 198 valence electrons. The number of rotatable bonds is 8. The fourth-order valence-corrected chi connectivity index (χ4v) is 5.53. The van der Waals surface area contributed by atoms with Crippen LogP contribution in [0.15, 0.2) is 71.2 Å². The number of pyridine rings is 1. The van der Waals surface area contributed by atoms with Crippen molar-refractivity contribution < 1.29 is 14.6 Å². The summed E-state index contributed by atoms with van der Waals surface area (Å²) in [5.41, 5.74) is 1.29. The molecule has 0 spiro atoms. The van der Waals surface area contributed by atoms with Crippen molar-refractivity contribution in [3.63, 3.8) is 0 Å². The van der Waals surface area contributed by atoms with Gasteiger partial charge >= 0.3 is 6.09 Å². The molecule has 1 unspecified atom stereocenters.